The van der Waals surface area contributed by atoms with E-state index in [4.69, 9.17) is 21.7 Å². The molecule has 0 bridgehead atoms. The van der Waals surface area contributed by atoms with Crippen molar-refractivity contribution in [3.8, 4) is 0 Å². The van der Waals surface area contributed by atoms with E-state index in [2.05, 4.69) is 49.3 Å². The van der Waals surface area contributed by atoms with Crippen molar-refractivity contribution in [1.29, 1.82) is 0 Å². The molecule has 2 rings (SSSR count). The van der Waals surface area contributed by atoms with Gasteiger partial charge in [-0.15, -0.1) is 0 Å². The summed E-state index contributed by atoms with van der Waals surface area (Å²) >= 11 is 9.86. The number of hydrogen-bond acceptors (Lipinski definition) is 6. The Hall–Kier alpha value is -0.761. The van der Waals surface area contributed by atoms with Gasteiger partial charge in [-0.2, -0.15) is 0 Å². The number of aryl methyl sites for hydroxylation is 2. The molecule has 0 aliphatic carbocycles. The van der Waals surface area contributed by atoms with Gasteiger partial charge in [0.2, 0.25) is 0 Å². The van der Waals surface area contributed by atoms with Crippen molar-refractivity contribution in [2.45, 2.75) is 38.6 Å². The molecule has 0 amide bonds. The zero-order valence-corrected chi connectivity index (χ0v) is 23.8. The first kappa shape index (κ1) is 28.5. The molecule has 0 unspecified atom stereocenters. The van der Waals surface area contributed by atoms with E-state index in [9.17, 15) is 4.79 Å². The second-order valence-electron chi connectivity index (χ2n) is 7.26. The molecule has 0 saturated heterocycles. The summed E-state index contributed by atoms with van der Waals surface area (Å²) < 4.78 is 15.3. The summed E-state index contributed by atoms with van der Waals surface area (Å²) in [5, 5.41) is 2.58. The Morgan fingerprint density at radius 1 is 1.12 bits per heavy atom. The van der Waals surface area contributed by atoms with Crippen LogP contribution in [0.5, 0.6) is 0 Å². The van der Waals surface area contributed by atoms with Crippen LogP contribution in [-0.2, 0) is 27.2 Å². The minimum absolute atomic E-state index is 0.360. The van der Waals surface area contributed by atoms with Crippen molar-refractivity contribution >= 4 is 72.0 Å². The second-order valence-corrected chi connectivity index (χ2v) is 12.5. The molecule has 1 aromatic carbocycles. The van der Waals surface area contributed by atoms with E-state index in [1.807, 2.05) is 11.8 Å². The molecule has 1 aromatic heterocycles. The number of aromatic nitrogens is 1. The average molecular weight is 573 g/mol. The van der Waals surface area contributed by atoms with Crippen LogP contribution in [0.2, 0.25) is 5.32 Å². The predicted molar refractivity (Wildman–Crippen MR) is 149 cm³/mol. The third-order valence-corrected chi connectivity index (χ3v) is 9.86. The Morgan fingerprint density at radius 3 is 2.55 bits per heavy atom. The van der Waals surface area contributed by atoms with Crippen LogP contribution in [0, 0.1) is 4.64 Å². The Labute approximate surface area is 218 Å². The second kappa shape index (κ2) is 16.8. The van der Waals surface area contributed by atoms with E-state index in [1.165, 1.54) is 32.3 Å². The number of esters is 1. The van der Waals surface area contributed by atoms with E-state index >= 15 is 0 Å². The van der Waals surface area contributed by atoms with Gasteiger partial charge < -0.3 is 0 Å². The first-order valence-electron chi connectivity index (χ1n) is 11.4. The molecular weight excluding hydrogens is 537 g/mol. The van der Waals surface area contributed by atoms with E-state index in [0.29, 0.717) is 21.6 Å². The van der Waals surface area contributed by atoms with E-state index < -0.39 is 0 Å². The third-order valence-electron chi connectivity index (χ3n) is 4.86. The molecule has 182 valence electrons. The van der Waals surface area contributed by atoms with Crippen LogP contribution in [0.1, 0.15) is 25.8 Å². The molecule has 0 spiro atoms. The molecule has 0 aliphatic rings. The van der Waals surface area contributed by atoms with Crippen LogP contribution in [0.3, 0.4) is 0 Å². The van der Waals surface area contributed by atoms with Gasteiger partial charge in [0.1, 0.15) is 0 Å². The number of hydrogen-bond donors (Lipinski definition) is 0. The van der Waals surface area contributed by atoms with Crippen molar-refractivity contribution in [2.24, 2.45) is 0 Å². The number of pyridine rings is 1. The minimum atomic E-state index is -0.360. The number of ether oxygens (including phenoxy) is 2. The normalized spacial score (nSPS) is 11.1. The zero-order chi connectivity index (χ0) is 23.9. The fourth-order valence-electron chi connectivity index (χ4n) is 3.20. The molecule has 2 aromatic rings. The van der Waals surface area contributed by atoms with Crippen LogP contribution in [0.4, 0.5) is 0 Å². The molecule has 0 saturated carbocycles. The van der Waals surface area contributed by atoms with Gasteiger partial charge in [-0.1, -0.05) is 6.58 Å². The van der Waals surface area contributed by atoms with Gasteiger partial charge in [0.15, 0.2) is 0 Å². The molecule has 0 N–H and O–H groups in total. The molecule has 4 nitrogen and oxygen atoms in total. The van der Waals surface area contributed by atoms with Crippen molar-refractivity contribution in [1.82, 2.24) is 4.57 Å². The number of thioether (sulfide) groups is 2. The summed E-state index contributed by atoms with van der Waals surface area (Å²) in [6.07, 6.45) is 3.33. The van der Waals surface area contributed by atoms with Gasteiger partial charge in [-0.3, -0.25) is 0 Å². The van der Waals surface area contributed by atoms with Crippen LogP contribution in [0.25, 0.3) is 10.9 Å². The van der Waals surface area contributed by atoms with Crippen molar-refractivity contribution in [2.75, 3.05) is 42.8 Å². The summed E-state index contributed by atoms with van der Waals surface area (Å²) in [7, 11) is 0. The molecule has 8 heteroatoms. The number of carbonyl (C=O) groups excluding carboxylic acids is 1. The number of nitrogens with zero attached hydrogens (tertiary/aromatic N) is 1. The van der Waals surface area contributed by atoms with Crippen LogP contribution < -0.4 is 4.46 Å². The molecule has 0 radical (unpaired) electrons. The van der Waals surface area contributed by atoms with Crippen molar-refractivity contribution < 1.29 is 14.3 Å². The van der Waals surface area contributed by atoms with Crippen LogP contribution in [0.15, 0.2) is 36.9 Å². The summed E-state index contributed by atoms with van der Waals surface area (Å²) in [5.41, 5.74) is 2.68. The fourth-order valence-corrected chi connectivity index (χ4v) is 7.78. The molecule has 1 heterocycles. The van der Waals surface area contributed by atoms with Crippen molar-refractivity contribution in [3.05, 3.63) is 47.1 Å². The Morgan fingerprint density at radius 2 is 1.85 bits per heavy atom. The molecule has 0 atom stereocenters. The van der Waals surface area contributed by atoms with Gasteiger partial charge in [0.25, 0.3) is 0 Å². The maximum absolute atomic E-state index is 10.9. The quantitative estimate of drug-likeness (QED) is 0.0843. The van der Waals surface area contributed by atoms with Gasteiger partial charge >= 0.3 is 202 Å². The Balaban J connectivity index is 1.67. The first-order chi connectivity index (χ1) is 16.1. The number of benzene rings is 1. The molecule has 0 fully saturated rings. The Bertz CT molecular complexity index is 948. The van der Waals surface area contributed by atoms with Gasteiger partial charge in [0, 0.05) is 6.08 Å². The summed E-state index contributed by atoms with van der Waals surface area (Å²) in [6.45, 7) is 10.7. The monoisotopic (exact) mass is 573 g/mol. The SMILES string of the molecule is C=CC(=O)OCCSCCOCCSCC[Se]c1cc(=S)n(CCC)c2cc(CC)ccc12. The number of rotatable bonds is 17. The fraction of sp³-hybridized carbons (Fsp3) is 0.520. The summed E-state index contributed by atoms with van der Waals surface area (Å²) in [5.74, 6) is 3.52. The Kier molecular flexibility index (Phi) is 14.5. The summed E-state index contributed by atoms with van der Waals surface area (Å²) in [4.78, 5) is 10.9. The standard InChI is InChI=1S/C25H35NO3S3Se/c1-4-9-26-22-18-20(5-2)7-8-21(22)23(19-24(26)30)33-17-16-32-14-11-28-10-13-31-15-12-29-25(27)6-3/h6-8,18-19H,3-5,9-17H2,1-2H3. The number of fused-ring (bicyclic) bond motifs is 1. The van der Waals surface area contributed by atoms with Crippen LogP contribution >= 0.6 is 35.7 Å². The average Bonchev–Trinajstić information content (AvgIpc) is 2.83. The molecule has 33 heavy (non-hydrogen) atoms. The molecular formula is C25H35NO3S3Se. The number of carbonyl (C=O) groups is 1. The van der Waals surface area contributed by atoms with E-state index in [0.717, 1.165) is 60.3 Å². The maximum atomic E-state index is 10.9. The van der Waals surface area contributed by atoms with Gasteiger partial charge in [0.05, 0.1) is 0 Å². The molecule has 0 aliphatic heterocycles. The first-order valence-corrected chi connectivity index (χ1v) is 16.2. The third kappa shape index (κ3) is 10.2. The summed E-state index contributed by atoms with van der Waals surface area (Å²) in [6, 6.07) is 9.13. The van der Waals surface area contributed by atoms with Crippen LogP contribution in [-0.4, -0.2) is 68.3 Å². The topological polar surface area (TPSA) is 40.5 Å². The van der Waals surface area contributed by atoms with Crippen molar-refractivity contribution in [3.63, 3.8) is 0 Å². The van der Waals surface area contributed by atoms with E-state index in [-0.39, 0.29) is 5.97 Å². The van der Waals surface area contributed by atoms with E-state index in [1.54, 1.807) is 11.8 Å². The van der Waals surface area contributed by atoms with Gasteiger partial charge in [-0.25, -0.2) is 4.79 Å². The van der Waals surface area contributed by atoms with Gasteiger partial charge in [-0.05, 0) is 0 Å². The predicted octanol–water partition coefficient (Wildman–Crippen LogP) is 5.30. The zero-order valence-electron chi connectivity index (χ0n) is 19.7.